The van der Waals surface area contributed by atoms with Crippen LogP contribution in [0.4, 0.5) is 24.9 Å². The van der Waals surface area contributed by atoms with Crippen LogP contribution in [0, 0.1) is 0 Å². The van der Waals surface area contributed by atoms with Gasteiger partial charge in [-0.3, -0.25) is 0 Å². The Kier molecular flexibility index (Phi) is 6.88. The fraction of sp³-hybridized carbons (Fsp3) is 0.286. The lowest BCUT2D eigenvalue weighted by molar-refractivity contribution is -0.137. The molecule has 0 unspecified atom stereocenters. The number of pyridine rings is 1. The Bertz CT molecular complexity index is 1320. The molecule has 0 spiro atoms. The summed E-state index contributed by atoms with van der Waals surface area (Å²) in [4.78, 5) is 16.3. The first-order chi connectivity index (χ1) is 18.3. The molecule has 0 radical (unpaired) electrons. The summed E-state index contributed by atoms with van der Waals surface area (Å²) in [5.41, 5.74) is 2.74. The number of hydrogen-bond donors (Lipinski definition) is 1. The fourth-order valence-corrected chi connectivity index (χ4v) is 4.76. The minimum atomic E-state index is -4.47. The van der Waals surface area contributed by atoms with Crippen molar-refractivity contribution in [1.29, 1.82) is 0 Å². The van der Waals surface area contributed by atoms with Gasteiger partial charge in [-0.05, 0) is 67.6 Å². The molecule has 0 saturated carbocycles. The smallest absolute Gasteiger partial charge is 0.419 e. The molecule has 1 N–H and O–H groups in total. The van der Waals surface area contributed by atoms with Crippen molar-refractivity contribution < 1.29 is 22.6 Å². The van der Waals surface area contributed by atoms with Crippen LogP contribution in [0.5, 0.6) is 11.5 Å². The van der Waals surface area contributed by atoms with E-state index in [1.807, 2.05) is 55.5 Å². The van der Waals surface area contributed by atoms with E-state index in [2.05, 4.69) is 14.9 Å². The Hall–Kier alpha value is -4.21. The van der Waals surface area contributed by atoms with E-state index in [0.717, 1.165) is 40.1 Å². The van der Waals surface area contributed by atoms with Crippen LogP contribution in [0.2, 0.25) is 0 Å². The molecule has 3 heterocycles. The molecule has 1 aliphatic heterocycles. The summed E-state index contributed by atoms with van der Waals surface area (Å²) in [6, 6.07) is 17.6. The molecule has 1 fully saturated rings. The van der Waals surface area contributed by atoms with Gasteiger partial charge in [0.1, 0.15) is 17.3 Å². The molecule has 1 atom stereocenters. The molecule has 1 saturated heterocycles. The van der Waals surface area contributed by atoms with Gasteiger partial charge in [-0.25, -0.2) is 9.97 Å². The molecular weight excluding hydrogens is 495 g/mol. The Morgan fingerprint density at radius 3 is 2.11 bits per heavy atom. The van der Waals surface area contributed by atoms with Crippen LogP contribution in [0.25, 0.3) is 22.5 Å². The van der Waals surface area contributed by atoms with Gasteiger partial charge in [0.05, 0.1) is 31.2 Å². The van der Waals surface area contributed by atoms with Crippen LogP contribution in [0.15, 0.2) is 66.9 Å². The lowest BCUT2D eigenvalue weighted by atomic mass is 10.0. The Morgan fingerprint density at radius 1 is 0.895 bits per heavy atom. The number of ether oxygens (including phenoxy) is 2. The quantitative estimate of drug-likeness (QED) is 0.340. The Balaban J connectivity index is 1.47. The van der Waals surface area contributed by atoms with Crippen molar-refractivity contribution in [2.45, 2.75) is 19.1 Å². The molecule has 5 rings (SSSR count). The molecule has 1 aliphatic rings. The normalized spacial score (nSPS) is 16.0. The molecule has 2 aromatic heterocycles. The average molecular weight is 524 g/mol. The largest absolute Gasteiger partial charge is 0.497 e. The standard InChI is InChI=1S/C28H28F3N5O2/c1-18-17-35(26-23(28(29,30)31)5-4-14-32-26)15-16-36(18)27-33-24(19-6-10-21(37-2)11-7-19)25(34-27)20-8-12-22(38-3)13-9-20/h4-14,18H,15-17H2,1-3H3,(H,33,34)/t18-/m1/s1. The lowest BCUT2D eigenvalue weighted by Crippen LogP contribution is -2.53. The van der Waals surface area contributed by atoms with Crippen molar-refractivity contribution in [1.82, 2.24) is 15.0 Å². The molecule has 2 aromatic carbocycles. The van der Waals surface area contributed by atoms with Crippen molar-refractivity contribution in [2.24, 2.45) is 0 Å². The summed E-state index contributed by atoms with van der Waals surface area (Å²) < 4.78 is 51.4. The summed E-state index contributed by atoms with van der Waals surface area (Å²) in [5, 5.41) is 0. The van der Waals surface area contributed by atoms with E-state index in [1.165, 1.54) is 12.3 Å². The van der Waals surface area contributed by atoms with Gasteiger partial charge in [-0.15, -0.1) is 0 Å². The molecule has 7 nitrogen and oxygen atoms in total. The zero-order valence-corrected chi connectivity index (χ0v) is 21.3. The van der Waals surface area contributed by atoms with Gasteiger partial charge in [-0.2, -0.15) is 13.2 Å². The maximum Gasteiger partial charge on any atom is 0.419 e. The predicted octanol–water partition coefficient (Wildman–Crippen LogP) is 5.89. The number of imidazole rings is 1. The van der Waals surface area contributed by atoms with E-state index in [-0.39, 0.29) is 11.9 Å². The highest BCUT2D eigenvalue weighted by molar-refractivity contribution is 5.80. The van der Waals surface area contributed by atoms with E-state index >= 15 is 0 Å². The van der Waals surface area contributed by atoms with E-state index in [1.54, 1.807) is 19.1 Å². The van der Waals surface area contributed by atoms with Crippen molar-refractivity contribution in [3.05, 3.63) is 72.4 Å². The first kappa shape index (κ1) is 25.4. The number of methoxy groups -OCH3 is 2. The first-order valence-electron chi connectivity index (χ1n) is 12.2. The maximum absolute atomic E-state index is 13.6. The number of nitrogens with one attached hydrogen (secondary N) is 1. The molecule has 198 valence electrons. The number of benzene rings is 2. The van der Waals surface area contributed by atoms with Crippen LogP contribution in [0.1, 0.15) is 12.5 Å². The number of aromatic nitrogens is 3. The molecule has 0 bridgehead atoms. The highest BCUT2D eigenvalue weighted by Crippen LogP contribution is 2.37. The summed E-state index contributed by atoms with van der Waals surface area (Å²) in [6.45, 7) is 3.20. The van der Waals surface area contributed by atoms with Crippen molar-refractivity contribution in [2.75, 3.05) is 43.7 Å². The molecule has 4 aromatic rings. The number of anilines is 2. The van der Waals surface area contributed by atoms with Gasteiger partial charge < -0.3 is 24.3 Å². The molecule has 0 aliphatic carbocycles. The number of rotatable bonds is 6. The number of alkyl halides is 3. The third kappa shape index (κ3) is 4.98. The number of hydrogen-bond acceptors (Lipinski definition) is 6. The SMILES string of the molecule is COc1ccc(-c2nc(N3CCN(c4ncccc4C(F)(F)F)C[C@H]3C)[nH]c2-c2ccc(OC)cc2)cc1. The third-order valence-corrected chi connectivity index (χ3v) is 6.72. The number of aromatic amines is 1. The zero-order valence-electron chi connectivity index (χ0n) is 21.3. The third-order valence-electron chi connectivity index (χ3n) is 6.72. The molecule has 38 heavy (non-hydrogen) atoms. The van der Waals surface area contributed by atoms with Gasteiger partial charge in [0, 0.05) is 43.0 Å². The molecule has 0 amide bonds. The topological polar surface area (TPSA) is 66.5 Å². The summed E-state index contributed by atoms with van der Waals surface area (Å²) in [7, 11) is 3.24. The average Bonchev–Trinajstić information content (AvgIpc) is 3.38. The summed E-state index contributed by atoms with van der Waals surface area (Å²) in [5.74, 6) is 2.11. The predicted molar refractivity (Wildman–Crippen MR) is 141 cm³/mol. The van der Waals surface area contributed by atoms with Gasteiger partial charge in [-0.1, -0.05) is 0 Å². The highest BCUT2D eigenvalue weighted by atomic mass is 19.4. The Morgan fingerprint density at radius 2 is 1.53 bits per heavy atom. The minimum Gasteiger partial charge on any atom is -0.497 e. The van der Waals surface area contributed by atoms with Crippen LogP contribution in [-0.2, 0) is 6.18 Å². The van der Waals surface area contributed by atoms with E-state index in [9.17, 15) is 13.2 Å². The Labute approximate surface area is 218 Å². The van der Waals surface area contributed by atoms with Gasteiger partial charge >= 0.3 is 6.18 Å². The van der Waals surface area contributed by atoms with Crippen LogP contribution < -0.4 is 19.3 Å². The lowest BCUT2D eigenvalue weighted by Gasteiger charge is -2.40. The van der Waals surface area contributed by atoms with Gasteiger partial charge in [0.25, 0.3) is 0 Å². The molecular formula is C28H28F3N5O2. The van der Waals surface area contributed by atoms with Gasteiger partial charge in [0.2, 0.25) is 5.95 Å². The highest BCUT2D eigenvalue weighted by Gasteiger charge is 2.37. The second-order valence-electron chi connectivity index (χ2n) is 9.10. The zero-order chi connectivity index (χ0) is 26.9. The molecule has 10 heteroatoms. The number of halogens is 3. The number of H-pyrrole nitrogens is 1. The number of piperazine rings is 1. The minimum absolute atomic E-state index is 0.0382. The van der Waals surface area contributed by atoms with Crippen molar-refractivity contribution in [3.63, 3.8) is 0 Å². The van der Waals surface area contributed by atoms with Crippen LogP contribution >= 0.6 is 0 Å². The summed E-state index contributed by atoms with van der Waals surface area (Å²) >= 11 is 0. The number of nitrogens with zero attached hydrogens (tertiary/aromatic N) is 4. The van der Waals surface area contributed by atoms with Crippen molar-refractivity contribution in [3.8, 4) is 34.0 Å². The van der Waals surface area contributed by atoms with Crippen LogP contribution in [0.3, 0.4) is 0 Å². The second kappa shape index (κ2) is 10.3. The van der Waals surface area contributed by atoms with E-state index in [0.29, 0.717) is 25.6 Å². The van der Waals surface area contributed by atoms with E-state index < -0.39 is 11.7 Å². The van der Waals surface area contributed by atoms with Crippen molar-refractivity contribution >= 4 is 11.8 Å². The second-order valence-corrected chi connectivity index (χ2v) is 9.10. The van der Waals surface area contributed by atoms with Gasteiger partial charge in [0.15, 0.2) is 0 Å². The van der Waals surface area contributed by atoms with Crippen LogP contribution in [-0.4, -0.2) is 54.8 Å². The van der Waals surface area contributed by atoms with E-state index in [4.69, 9.17) is 14.5 Å². The first-order valence-corrected chi connectivity index (χ1v) is 12.2. The maximum atomic E-state index is 13.6. The fourth-order valence-electron chi connectivity index (χ4n) is 4.76. The summed E-state index contributed by atoms with van der Waals surface area (Å²) in [6.07, 6.45) is -3.07. The monoisotopic (exact) mass is 523 g/mol.